The number of aromatic nitrogens is 1. The highest BCUT2D eigenvalue weighted by Gasteiger charge is 2.12. The fourth-order valence-electron chi connectivity index (χ4n) is 4.33. The predicted molar refractivity (Wildman–Crippen MR) is 149 cm³/mol. The molecule has 7 nitrogen and oxygen atoms in total. The normalized spacial score (nSPS) is 11.9. The van der Waals surface area contributed by atoms with Crippen LogP contribution < -0.4 is 24.3 Å². The Kier molecular flexibility index (Phi) is 8.28. The molecule has 1 heterocycles. The van der Waals surface area contributed by atoms with E-state index in [2.05, 4.69) is 16.4 Å². The number of H-pyrrole nitrogens is 1. The van der Waals surface area contributed by atoms with Crippen molar-refractivity contribution >= 4 is 21.8 Å². The maximum absolute atomic E-state index is 10.4. The van der Waals surface area contributed by atoms with Gasteiger partial charge in [-0.25, -0.2) is 0 Å². The first kappa shape index (κ1) is 25.4. The first-order valence-electron chi connectivity index (χ1n) is 12.7. The van der Waals surface area contributed by atoms with Gasteiger partial charge in [-0.05, 0) is 35.9 Å². The molecule has 0 unspecified atom stereocenters. The van der Waals surface area contributed by atoms with Gasteiger partial charge in [0.25, 0.3) is 0 Å². The number of aliphatic hydroxyl groups excluding tert-OH is 1. The predicted octanol–water partition coefficient (Wildman–Crippen LogP) is 5.32. The molecular weight excluding hydrogens is 480 g/mol. The van der Waals surface area contributed by atoms with Gasteiger partial charge in [-0.2, -0.15) is 0 Å². The molecule has 1 aromatic heterocycles. The smallest absolute Gasteiger partial charge is 0.164 e. The summed E-state index contributed by atoms with van der Waals surface area (Å²) in [6, 6.07) is 29.6. The molecule has 0 aliphatic rings. The molecule has 0 bridgehead atoms. The van der Waals surface area contributed by atoms with Crippen molar-refractivity contribution in [3.63, 3.8) is 0 Å². The number of rotatable bonds is 13. The molecule has 0 saturated carbocycles. The molecule has 4 aromatic carbocycles. The van der Waals surface area contributed by atoms with Crippen molar-refractivity contribution in [2.45, 2.75) is 12.7 Å². The van der Waals surface area contributed by atoms with Crippen LogP contribution in [0.2, 0.25) is 0 Å². The summed E-state index contributed by atoms with van der Waals surface area (Å²) >= 11 is 0. The van der Waals surface area contributed by atoms with E-state index in [4.69, 9.17) is 18.9 Å². The van der Waals surface area contributed by atoms with Crippen molar-refractivity contribution in [2.75, 3.05) is 33.4 Å². The highest BCUT2D eigenvalue weighted by Crippen LogP contribution is 2.33. The minimum absolute atomic E-state index is 0.185. The number of para-hydroxylation sites is 1. The molecule has 0 aliphatic heterocycles. The van der Waals surface area contributed by atoms with E-state index in [1.54, 1.807) is 7.11 Å². The van der Waals surface area contributed by atoms with Crippen molar-refractivity contribution in [1.82, 2.24) is 10.3 Å². The zero-order valence-electron chi connectivity index (χ0n) is 21.4. The molecule has 7 heteroatoms. The van der Waals surface area contributed by atoms with Crippen molar-refractivity contribution < 1.29 is 24.1 Å². The standard InChI is InChI=1S/C31H32N2O5/c1-35-30-18-24(37-20-22-8-3-2-4-9-22)14-15-28(30)36-17-16-32-19-23(34)21-38-29-13-7-12-27-31(29)25-10-5-6-11-26(25)33-27/h2-15,18,23,32-34H,16-17,19-21H2,1H3/t23-/m0/s1. The third-order valence-electron chi connectivity index (χ3n) is 6.22. The van der Waals surface area contributed by atoms with E-state index >= 15 is 0 Å². The molecule has 38 heavy (non-hydrogen) atoms. The number of hydrogen-bond acceptors (Lipinski definition) is 6. The van der Waals surface area contributed by atoms with E-state index in [1.807, 2.05) is 84.9 Å². The van der Waals surface area contributed by atoms with E-state index in [0.29, 0.717) is 43.6 Å². The number of methoxy groups -OCH3 is 1. The number of benzene rings is 4. The maximum atomic E-state index is 10.4. The van der Waals surface area contributed by atoms with Crippen molar-refractivity contribution in [3.05, 3.63) is 96.6 Å². The number of aromatic amines is 1. The van der Waals surface area contributed by atoms with Crippen LogP contribution in [0.1, 0.15) is 5.56 Å². The molecule has 0 fully saturated rings. The largest absolute Gasteiger partial charge is 0.493 e. The second-order valence-electron chi connectivity index (χ2n) is 8.95. The van der Waals surface area contributed by atoms with Crippen LogP contribution in [0.3, 0.4) is 0 Å². The summed E-state index contributed by atoms with van der Waals surface area (Å²) in [6.45, 7) is 2.03. The number of aliphatic hydroxyl groups is 1. The highest BCUT2D eigenvalue weighted by molar-refractivity contribution is 6.10. The van der Waals surface area contributed by atoms with Crippen molar-refractivity contribution in [2.24, 2.45) is 0 Å². The SMILES string of the molecule is COc1cc(OCc2ccccc2)ccc1OCCNC[C@H](O)COc1cccc2[nH]c3ccccc3c12. The van der Waals surface area contributed by atoms with Crippen LogP contribution in [-0.4, -0.2) is 49.6 Å². The van der Waals surface area contributed by atoms with Gasteiger partial charge in [0, 0.05) is 35.4 Å². The van der Waals surface area contributed by atoms with Gasteiger partial charge in [0.1, 0.15) is 37.4 Å². The first-order valence-corrected chi connectivity index (χ1v) is 12.7. The second kappa shape index (κ2) is 12.4. The van der Waals surface area contributed by atoms with E-state index < -0.39 is 6.10 Å². The molecule has 0 radical (unpaired) electrons. The average molecular weight is 513 g/mol. The topological polar surface area (TPSA) is 85.0 Å². The highest BCUT2D eigenvalue weighted by atomic mass is 16.5. The Balaban J connectivity index is 1.06. The Hall–Kier alpha value is -4.20. The van der Waals surface area contributed by atoms with Crippen LogP contribution in [0, 0.1) is 0 Å². The monoisotopic (exact) mass is 512 g/mol. The van der Waals surface area contributed by atoms with Crippen molar-refractivity contribution in [3.8, 4) is 23.0 Å². The number of nitrogens with one attached hydrogen (secondary N) is 2. The lowest BCUT2D eigenvalue weighted by Gasteiger charge is -2.15. The molecule has 0 amide bonds. The molecule has 5 aromatic rings. The van der Waals surface area contributed by atoms with Gasteiger partial charge in [0.2, 0.25) is 0 Å². The third kappa shape index (κ3) is 6.19. The Morgan fingerprint density at radius 2 is 1.61 bits per heavy atom. The lowest BCUT2D eigenvalue weighted by molar-refractivity contribution is 0.106. The molecule has 196 valence electrons. The Morgan fingerprint density at radius 1 is 0.789 bits per heavy atom. The lowest BCUT2D eigenvalue weighted by atomic mass is 10.1. The quantitative estimate of drug-likeness (QED) is 0.185. The third-order valence-corrected chi connectivity index (χ3v) is 6.22. The second-order valence-corrected chi connectivity index (χ2v) is 8.95. The first-order chi connectivity index (χ1) is 18.7. The molecule has 1 atom stereocenters. The Bertz CT molecular complexity index is 1470. The summed E-state index contributed by atoms with van der Waals surface area (Å²) in [5.74, 6) is 2.71. The zero-order valence-corrected chi connectivity index (χ0v) is 21.4. The Labute approximate surface area is 221 Å². The minimum atomic E-state index is -0.661. The van der Waals surface area contributed by atoms with Gasteiger partial charge in [-0.3, -0.25) is 0 Å². The molecule has 0 aliphatic carbocycles. The van der Waals surface area contributed by atoms with Gasteiger partial charge < -0.3 is 34.4 Å². The fraction of sp³-hybridized carbons (Fsp3) is 0.226. The van der Waals surface area contributed by atoms with Gasteiger partial charge in [0.05, 0.1) is 12.6 Å². The van der Waals surface area contributed by atoms with Gasteiger partial charge in [-0.15, -0.1) is 0 Å². The van der Waals surface area contributed by atoms with E-state index in [0.717, 1.165) is 33.1 Å². The molecule has 5 rings (SSSR count). The van der Waals surface area contributed by atoms with Crippen LogP contribution >= 0.6 is 0 Å². The lowest BCUT2D eigenvalue weighted by Crippen LogP contribution is -2.33. The summed E-state index contributed by atoms with van der Waals surface area (Å²) in [6.07, 6.45) is -0.661. The molecule has 3 N–H and O–H groups in total. The molecular formula is C31H32N2O5. The average Bonchev–Trinajstić information content (AvgIpc) is 3.35. The van der Waals surface area contributed by atoms with Crippen LogP contribution in [0.25, 0.3) is 21.8 Å². The summed E-state index contributed by atoms with van der Waals surface area (Å²) < 4.78 is 23.2. The van der Waals surface area contributed by atoms with Crippen LogP contribution in [-0.2, 0) is 6.61 Å². The molecule has 0 saturated heterocycles. The number of ether oxygens (including phenoxy) is 4. The zero-order chi connectivity index (χ0) is 26.2. The number of hydrogen-bond donors (Lipinski definition) is 3. The van der Waals surface area contributed by atoms with Crippen LogP contribution in [0.5, 0.6) is 23.0 Å². The van der Waals surface area contributed by atoms with E-state index in [-0.39, 0.29) is 6.61 Å². The van der Waals surface area contributed by atoms with Gasteiger partial charge in [0.15, 0.2) is 11.5 Å². The van der Waals surface area contributed by atoms with Crippen molar-refractivity contribution in [1.29, 1.82) is 0 Å². The summed E-state index contributed by atoms with van der Waals surface area (Å²) in [5, 5.41) is 15.8. The number of fused-ring (bicyclic) bond motifs is 3. The minimum Gasteiger partial charge on any atom is -0.493 e. The van der Waals surface area contributed by atoms with Gasteiger partial charge >= 0.3 is 0 Å². The van der Waals surface area contributed by atoms with Gasteiger partial charge in [-0.1, -0.05) is 54.6 Å². The summed E-state index contributed by atoms with van der Waals surface area (Å²) in [5.41, 5.74) is 3.17. The fourth-order valence-corrected chi connectivity index (χ4v) is 4.33. The maximum Gasteiger partial charge on any atom is 0.164 e. The van der Waals surface area contributed by atoms with Crippen LogP contribution in [0.15, 0.2) is 91.0 Å². The van der Waals surface area contributed by atoms with E-state index in [1.165, 1.54) is 0 Å². The summed E-state index contributed by atoms with van der Waals surface area (Å²) in [4.78, 5) is 3.41. The Morgan fingerprint density at radius 3 is 2.47 bits per heavy atom. The summed E-state index contributed by atoms with van der Waals surface area (Å²) in [7, 11) is 1.61. The van der Waals surface area contributed by atoms with Crippen LogP contribution in [0.4, 0.5) is 0 Å². The molecule has 0 spiro atoms. The van der Waals surface area contributed by atoms with E-state index in [9.17, 15) is 5.11 Å².